The lowest BCUT2D eigenvalue weighted by atomic mass is 10.2. The zero-order chi connectivity index (χ0) is 20.7. The highest BCUT2D eigenvalue weighted by molar-refractivity contribution is 6.14. The Bertz CT molecular complexity index is 1270. The molecule has 3 aromatic rings. The first-order valence-electron chi connectivity index (χ1n) is 9.14. The molecule has 30 heavy (non-hydrogen) atoms. The first-order valence-corrected chi connectivity index (χ1v) is 9.14. The van der Waals surface area contributed by atoms with Crippen LogP contribution in [0.5, 0.6) is 11.8 Å². The van der Waals surface area contributed by atoms with E-state index in [4.69, 9.17) is 4.74 Å². The number of fused-ring (bicyclic) bond motifs is 1. The highest BCUT2D eigenvalue weighted by Gasteiger charge is 2.26. The number of rotatable bonds is 5. The summed E-state index contributed by atoms with van der Waals surface area (Å²) in [6, 6.07) is 8.54. The SMILES string of the molecule is N#Cc1ccccc1Oc1nc(NC2CC2)n2ncc(/C=C3\NC(=O)NC3=O)c2n1. The maximum atomic E-state index is 11.9. The van der Waals surface area contributed by atoms with Gasteiger partial charge in [0.05, 0.1) is 11.8 Å². The van der Waals surface area contributed by atoms with Crippen molar-refractivity contribution in [1.82, 2.24) is 30.2 Å². The summed E-state index contributed by atoms with van der Waals surface area (Å²) in [5, 5.41) is 21.4. The van der Waals surface area contributed by atoms with E-state index >= 15 is 0 Å². The lowest BCUT2D eigenvalue weighted by molar-refractivity contribution is -0.115. The molecular formula is C19H14N8O3. The Morgan fingerprint density at radius 2 is 2.07 bits per heavy atom. The molecule has 3 amide bonds. The number of anilines is 1. The van der Waals surface area contributed by atoms with E-state index in [2.05, 4.69) is 37.1 Å². The molecular weight excluding hydrogens is 388 g/mol. The van der Waals surface area contributed by atoms with E-state index in [1.807, 2.05) is 0 Å². The number of para-hydroxylation sites is 1. The second-order valence-electron chi connectivity index (χ2n) is 6.76. The molecule has 3 N–H and O–H groups in total. The Hall–Kier alpha value is -4.46. The maximum absolute atomic E-state index is 11.9. The van der Waals surface area contributed by atoms with E-state index in [0.717, 1.165) is 12.8 Å². The molecule has 2 fully saturated rings. The number of carbonyl (C=O) groups is 2. The fraction of sp³-hybridized carbons (Fsp3) is 0.158. The highest BCUT2D eigenvalue weighted by Crippen LogP contribution is 2.28. The quantitative estimate of drug-likeness (QED) is 0.430. The maximum Gasteiger partial charge on any atom is 0.327 e. The van der Waals surface area contributed by atoms with Crippen LogP contribution in [0.2, 0.25) is 0 Å². The van der Waals surface area contributed by atoms with Gasteiger partial charge in [0.2, 0.25) is 5.95 Å². The molecule has 11 nitrogen and oxygen atoms in total. The van der Waals surface area contributed by atoms with Crippen LogP contribution in [0.15, 0.2) is 36.2 Å². The predicted molar refractivity (Wildman–Crippen MR) is 103 cm³/mol. The lowest BCUT2D eigenvalue weighted by Crippen LogP contribution is -2.22. The molecule has 1 saturated carbocycles. The van der Waals surface area contributed by atoms with E-state index in [9.17, 15) is 14.9 Å². The van der Waals surface area contributed by atoms with Gasteiger partial charge in [-0.3, -0.25) is 10.1 Å². The van der Waals surface area contributed by atoms with Crippen LogP contribution in [-0.2, 0) is 4.79 Å². The van der Waals surface area contributed by atoms with Crippen LogP contribution in [0.4, 0.5) is 10.7 Å². The number of carbonyl (C=O) groups excluding carboxylic acids is 2. The second-order valence-corrected chi connectivity index (χ2v) is 6.76. The molecule has 2 aliphatic rings. The minimum atomic E-state index is -0.592. The molecule has 3 heterocycles. The zero-order valence-electron chi connectivity index (χ0n) is 15.4. The summed E-state index contributed by atoms with van der Waals surface area (Å²) >= 11 is 0. The topological polar surface area (TPSA) is 146 Å². The average molecular weight is 402 g/mol. The van der Waals surface area contributed by atoms with Crippen molar-refractivity contribution in [3.63, 3.8) is 0 Å². The number of amides is 3. The van der Waals surface area contributed by atoms with Crippen LogP contribution in [0.25, 0.3) is 11.7 Å². The largest absolute Gasteiger partial charge is 0.423 e. The van der Waals surface area contributed by atoms with Crippen molar-refractivity contribution in [3.05, 3.63) is 47.3 Å². The molecule has 11 heteroatoms. The van der Waals surface area contributed by atoms with Gasteiger partial charge in [-0.25, -0.2) is 4.79 Å². The normalized spacial score (nSPS) is 17.0. The third-order valence-corrected chi connectivity index (χ3v) is 4.51. The third kappa shape index (κ3) is 3.26. The summed E-state index contributed by atoms with van der Waals surface area (Å²) in [4.78, 5) is 32.0. The molecule has 0 spiro atoms. The molecule has 148 valence electrons. The monoisotopic (exact) mass is 402 g/mol. The van der Waals surface area contributed by atoms with Gasteiger partial charge in [-0.1, -0.05) is 12.1 Å². The second kappa shape index (κ2) is 6.85. The van der Waals surface area contributed by atoms with Gasteiger partial charge in [-0.15, -0.1) is 0 Å². The van der Waals surface area contributed by atoms with E-state index in [0.29, 0.717) is 28.5 Å². The van der Waals surface area contributed by atoms with Gasteiger partial charge in [0.1, 0.15) is 17.5 Å². The van der Waals surface area contributed by atoms with Crippen LogP contribution in [0.1, 0.15) is 24.0 Å². The molecule has 1 saturated heterocycles. The summed E-state index contributed by atoms with van der Waals surface area (Å²) in [6.07, 6.45) is 5.02. The molecule has 0 bridgehead atoms. The standard InChI is InChI=1S/C19H14N8O3/c20-8-10-3-1-2-4-14(10)30-19-24-15-11(7-13-16(28)25-18(29)23-13)9-21-27(15)17(26-19)22-12-5-6-12/h1-4,7,9,12H,5-6H2,(H,22,24,26)(H2,23,25,28,29)/b13-7-. The zero-order valence-corrected chi connectivity index (χ0v) is 15.4. The summed E-state index contributed by atoms with van der Waals surface area (Å²) < 4.78 is 7.29. The molecule has 0 radical (unpaired) electrons. The number of imide groups is 1. The molecule has 0 atom stereocenters. The summed E-state index contributed by atoms with van der Waals surface area (Å²) in [7, 11) is 0. The number of nitrogens with zero attached hydrogens (tertiary/aromatic N) is 5. The Balaban J connectivity index is 1.59. The molecule has 0 unspecified atom stereocenters. The summed E-state index contributed by atoms with van der Waals surface area (Å²) in [5.74, 6) is 0.212. The van der Waals surface area contributed by atoms with Crippen molar-refractivity contribution >= 4 is 29.6 Å². The van der Waals surface area contributed by atoms with Crippen molar-refractivity contribution in [2.24, 2.45) is 0 Å². The van der Waals surface area contributed by atoms with Gasteiger partial charge in [0, 0.05) is 11.6 Å². The van der Waals surface area contributed by atoms with Crippen LogP contribution >= 0.6 is 0 Å². The van der Waals surface area contributed by atoms with Gasteiger partial charge in [-0.05, 0) is 31.1 Å². The Labute approximate surface area is 169 Å². The van der Waals surface area contributed by atoms with Gasteiger partial charge in [0.15, 0.2) is 5.65 Å². The van der Waals surface area contributed by atoms with Gasteiger partial charge < -0.3 is 15.4 Å². The molecule has 5 rings (SSSR count). The van der Waals surface area contributed by atoms with Crippen molar-refractivity contribution in [2.45, 2.75) is 18.9 Å². The van der Waals surface area contributed by atoms with Gasteiger partial charge in [0.25, 0.3) is 5.91 Å². The number of ether oxygens (including phenoxy) is 1. The predicted octanol–water partition coefficient (Wildman–Crippen LogP) is 1.54. The minimum absolute atomic E-state index is 0.0217. The number of nitrogens with one attached hydrogen (secondary N) is 3. The number of urea groups is 1. The van der Waals surface area contributed by atoms with Gasteiger partial charge in [-0.2, -0.15) is 24.8 Å². The van der Waals surface area contributed by atoms with Crippen LogP contribution in [0, 0.1) is 11.3 Å². The smallest absolute Gasteiger partial charge is 0.327 e. The van der Waals surface area contributed by atoms with Crippen molar-refractivity contribution in [2.75, 3.05) is 5.32 Å². The molecule has 1 aromatic carbocycles. The number of hydrogen-bond donors (Lipinski definition) is 3. The van der Waals surface area contributed by atoms with Crippen LogP contribution in [0.3, 0.4) is 0 Å². The number of benzene rings is 1. The number of hydrogen-bond acceptors (Lipinski definition) is 8. The van der Waals surface area contributed by atoms with Crippen LogP contribution in [-0.4, -0.2) is 37.6 Å². The molecule has 1 aliphatic heterocycles. The van der Waals surface area contributed by atoms with E-state index in [1.165, 1.54) is 16.8 Å². The fourth-order valence-corrected chi connectivity index (χ4v) is 2.91. The van der Waals surface area contributed by atoms with E-state index in [-0.39, 0.29) is 17.7 Å². The first kappa shape index (κ1) is 17.6. The summed E-state index contributed by atoms with van der Waals surface area (Å²) in [6.45, 7) is 0. The molecule has 1 aliphatic carbocycles. The summed E-state index contributed by atoms with van der Waals surface area (Å²) in [5.41, 5.74) is 1.29. The van der Waals surface area contributed by atoms with E-state index < -0.39 is 11.9 Å². The number of nitriles is 1. The highest BCUT2D eigenvalue weighted by atomic mass is 16.5. The van der Waals surface area contributed by atoms with Crippen LogP contribution < -0.4 is 20.7 Å². The van der Waals surface area contributed by atoms with E-state index in [1.54, 1.807) is 24.3 Å². The van der Waals surface area contributed by atoms with Gasteiger partial charge >= 0.3 is 12.0 Å². The Morgan fingerprint density at radius 3 is 2.80 bits per heavy atom. The number of aromatic nitrogens is 4. The third-order valence-electron chi connectivity index (χ3n) is 4.51. The lowest BCUT2D eigenvalue weighted by Gasteiger charge is -2.10. The molecule has 2 aromatic heterocycles. The average Bonchev–Trinajstić information content (AvgIpc) is 3.37. The van der Waals surface area contributed by atoms with Crippen molar-refractivity contribution in [1.29, 1.82) is 5.26 Å². The Kier molecular flexibility index (Phi) is 4.03. The minimum Gasteiger partial charge on any atom is -0.423 e. The first-order chi connectivity index (χ1) is 14.6. The fourth-order valence-electron chi connectivity index (χ4n) is 2.91. The van der Waals surface area contributed by atoms with Crippen molar-refractivity contribution < 1.29 is 14.3 Å². The Morgan fingerprint density at radius 1 is 1.23 bits per heavy atom. The van der Waals surface area contributed by atoms with Crippen molar-refractivity contribution in [3.8, 4) is 17.8 Å².